The maximum Gasteiger partial charge on any atom is 0.108 e. The third kappa shape index (κ3) is 1.14. The molecule has 12 heavy (non-hydrogen) atoms. The van der Waals surface area contributed by atoms with Crippen molar-refractivity contribution in [2.75, 3.05) is 0 Å². The molecule has 1 aromatic rings. The summed E-state index contributed by atoms with van der Waals surface area (Å²) in [5.41, 5.74) is 0.212. The summed E-state index contributed by atoms with van der Waals surface area (Å²) >= 11 is 0. The molecule has 1 aromatic heterocycles. The van der Waals surface area contributed by atoms with Gasteiger partial charge >= 0.3 is 0 Å². The van der Waals surface area contributed by atoms with E-state index in [0.717, 1.165) is 31.4 Å². The molecule has 0 saturated heterocycles. The number of rotatable bonds is 1. The molecule has 0 unspecified atom stereocenters. The van der Waals surface area contributed by atoms with Gasteiger partial charge in [0.15, 0.2) is 0 Å². The lowest BCUT2D eigenvalue weighted by Gasteiger charge is -2.18. The molecule has 0 bridgehead atoms. The minimum atomic E-state index is -0.624. The third-order valence-electron chi connectivity index (χ3n) is 2.62. The molecule has 1 heterocycles. The first kappa shape index (κ1) is 7.80. The Morgan fingerprint density at radius 3 is 2.67 bits per heavy atom. The van der Waals surface area contributed by atoms with Crippen molar-refractivity contribution in [1.82, 2.24) is 9.78 Å². The van der Waals surface area contributed by atoms with E-state index < -0.39 is 5.60 Å². The number of aryl methyl sites for hydroxylation is 1. The molecule has 66 valence electrons. The standard InChI is InChI=1S/C9H14N2O/c1-11-7-4-8(10-11)9(12)5-2-3-6-9/h4,7,12H,2-3,5-6H2,1H3. The van der Waals surface area contributed by atoms with Crippen molar-refractivity contribution < 1.29 is 5.11 Å². The predicted octanol–water partition coefficient (Wildman–Crippen LogP) is 1.18. The van der Waals surface area contributed by atoms with Gasteiger partial charge in [0.25, 0.3) is 0 Å². The topological polar surface area (TPSA) is 38.0 Å². The Balaban J connectivity index is 2.28. The molecule has 0 spiro atoms. The Labute approximate surface area is 72.0 Å². The van der Waals surface area contributed by atoms with E-state index in [0.29, 0.717) is 0 Å². The van der Waals surface area contributed by atoms with Gasteiger partial charge in [-0.2, -0.15) is 5.10 Å². The van der Waals surface area contributed by atoms with Crippen molar-refractivity contribution in [2.45, 2.75) is 31.3 Å². The third-order valence-corrected chi connectivity index (χ3v) is 2.62. The van der Waals surface area contributed by atoms with Crippen LogP contribution in [0.5, 0.6) is 0 Å². The van der Waals surface area contributed by atoms with E-state index in [1.807, 2.05) is 19.3 Å². The Morgan fingerprint density at radius 2 is 2.17 bits per heavy atom. The van der Waals surface area contributed by atoms with Gasteiger partial charge in [-0.1, -0.05) is 12.8 Å². The lowest BCUT2D eigenvalue weighted by Crippen LogP contribution is -2.21. The van der Waals surface area contributed by atoms with Gasteiger partial charge in [-0.05, 0) is 18.9 Å². The molecular weight excluding hydrogens is 152 g/mol. The number of nitrogens with zero attached hydrogens (tertiary/aromatic N) is 2. The molecule has 1 aliphatic rings. The summed E-state index contributed by atoms with van der Waals surface area (Å²) in [6.45, 7) is 0. The Kier molecular flexibility index (Phi) is 1.68. The highest BCUT2D eigenvalue weighted by molar-refractivity contribution is 5.11. The highest BCUT2D eigenvalue weighted by atomic mass is 16.3. The number of hydrogen-bond donors (Lipinski definition) is 1. The summed E-state index contributed by atoms with van der Waals surface area (Å²) in [4.78, 5) is 0. The van der Waals surface area contributed by atoms with Crippen LogP contribution in [0.25, 0.3) is 0 Å². The minimum absolute atomic E-state index is 0.624. The summed E-state index contributed by atoms with van der Waals surface area (Å²) in [6.07, 6.45) is 5.85. The van der Waals surface area contributed by atoms with Gasteiger partial charge in [-0.3, -0.25) is 4.68 Å². The van der Waals surface area contributed by atoms with Gasteiger partial charge in [-0.25, -0.2) is 0 Å². The largest absolute Gasteiger partial charge is 0.383 e. The lowest BCUT2D eigenvalue weighted by molar-refractivity contribution is 0.0394. The van der Waals surface area contributed by atoms with Gasteiger partial charge in [0.2, 0.25) is 0 Å². The Hall–Kier alpha value is -0.830. The average Bonchev–Trinajstić information content (AvgIpc) is 2.59. The predicted molar refractivity (Wildman–Crippen MR) is 45.6 cm³/mol. The van der Waals surface area contributed by atoms with Crippen molar-refractivity contribution in [3.05, 3.63) is 18.0 Å². The number of aliphatic hydroxyl groups is 1. The van der Waals surface area contributed by atoms with E-state index in [9.17, 15) is 5.11 Å². The summed E-state index contributed by atoms with van der Waals surface area (Å²) in [5.74, 6) is 0. The zero-order valence-electron chi connectivity index (χ0n) is 7.32. The Morgan fingerprint density at radius 1 is 1.50 bits per heavy atom. The van der Waals surface area contributed by atoms with Gasteiger partial charge < -0.3 is 5.11 Å². The maximum absolute atomic E-state index is 10.1. The van der Waals surface area contributed by atoms with Crippen molar-refractivity contribution in [3.8, 4) is 0 Å². The molecule has 1 aliphatic carbocycles. The number of aromatic nitrogens is 2. The normalized spacial score (nSPS) is 21.5. The molecule has 0 aromatic carbocycles. The van der Waals surface area contributed by atoms with Gasteiger partial charge in [0.1, 0.15) is 5.60 Å². The molecular formula is C9H14N2O. The molecule has 1 fully saturated rings. The molecule has 0 amide bonds. The highest BCUT2D eigenvalue weighted by Crippen LogP contribution is 2.37. The highest BCUT2D eigenvalue weighted by Gasteiger charge is 2.34. The smallest absolute Gasteiger partial charge is 0.108 e. The van der Waals surface area contributed by atoms with Crippen LogP contribution in [-0.4, -0.2) is 14.9 Å². The van der Waals surface area contributed by atoms with Crippen LogP contribution in [0.3, 0.4) is 0 Å². The molecule has 0 aliphatic heterocycles. The van der Waals surface area contributed by atoms with E-state index in [2.05, 4.69) is 5.10 Å². The van der Waals surface area contributed by atoms with Gasteiger partial charge in [0.05, 0.1) is 5.69 Å². The van der Waals surface area contributed by atoms with Crippen molar-refractivity contribution >= 4 is 0 Å². The van der Waals surface area contributed by atoms with E-state index in [-0.39, 0.29) is 0 Å². The second-order valence-corrected chi connectivity index (χ2v) is 3.61. The lowest BCUT2D eigenvalue weighted by atomic mass is 9.99. The second kappa shape index (κ2) is 2.59. The first-order chi connectivity index (χ1) is 5.71. The maximum atomic E-state index is 10.1. The minimum Gasteiger partial charge on any atom is -0.383 e. The van der Waals surface area contributed by atoms with Crippen LogP contribution < -0.4 is 0 Å². The van der Waals surface area contributed by atoms with Gasteiger partial charge in [0, 0.05) is 13.2 Å². The molecule has 3 nitrogen and oxygen atoms in total. The number of hydrogen-bond acceptors (Lipinski definition) is 2. The van der Waals surface area contributed by atoms with Crippen LogP contribution >= 0.6 is 0 Å². The SMILES string of the molecule is Cn1ccc(C2(O)CCCC2)n1. The molecule has 3 heteroatoms. The molecule has 1 saturated carbocycles. The fourth-order valence-electron chi connectivity index (χ4n) is 1.88. The van der Waals surface area contributed by atoms with Crippen LogP contribution in [0.2, 0.25) is 0 Å². The molecule has 1 N–H and O–H groups in total. The molecule has 0 radical (unpaired) electrons. The summed E-state index contributed by atoms with van der Waals surface area (Å²) < 4.78 is 1.74. The van der Waals surface area contributed by atoms with Crippen LogP contribution in [-0.2, 0) is 12.6 Å². The second-order valence-electron chi connectivity index (χ2n) is 3.61. The van der Waals surface area contributed by atoms with E-state index in [4.69, 9.17) is 0 Å². The fourth-order valence-corrected chi connectivity index (χ4v) is 1.88. The van der Waals surface area contributed by atoms with Crippen LogP contribution in [0.1, 0.15) is 31.4 Å². The summed E-state index contributed by atoms with van der Waals surface area (Å²) in [7, 11) is 1.88. The average molecular weight is 166 g/mol. The Bertz CT molecular complexity index is 274. The van der Waals surface area contributed by atoms with E-state index in [1.165, 1.54) is 0 Å². The fraction of sp³-hybridized carbons (Fsp3) is 0.667. The quantitative estimate of drug-likeness (QED) is 0.680. The molecule has 0 atom stereocenters. The first-order valence-electron chi connectivity index (χ1n) is 4.43. The van der Waals surface area contributed by atoms with E-state index in [1.54, 1.807) is 4.68 Å². The van der Waals surface area contributed by atoms with Crippen molar-refractivity contribution in [2.24, 2.45) is 7.05 Å². The summed E-state index contributed by atoms with van der Waals surface area (Å²) in [6, 6.07) is 1.91. The first-order valence-corrected chi connectivity index (χ1v) is 4.43. The monoisotopic (exact) mass is 166 g/mol. The van der Waals surface area contributed by atoms with Crippen LogP contribution in [0.15, 0.2) is 12.3 Å². The van der Waals surface area contributed by atoms with Crippen molar-refractivity contribution in [3.63, 3.8) is 0 Å². The van der Waals surface area contributed by atoms with Gasteiger partial charge in [-0.15, -0.1) is 0 Å². The van der Waals surface area contributed by atoms with Crippen molar-refractivity contribution in [1.29, 1.82) is 0 Å². The zero-order chi connectivity index (χ0) is 8.60. The van der Waals surface area contributed by atoms with Crippen LogP contribution in [0.4, 0.5) is 0 Å². The van der Waals surface area contributed by atoms with E-state index >= 15 is 0 Å². The summed E-state index contributed by atoms with van der Waals surface area (Å²) in [5, 5.41) is 14.3. The van der Waals surface area contributed by atoms with Crippen LogP contribution in [0, 0.1) is 0 Å². The zero-order valence-corrected chi connectivity index (χ0v) is 7.32. The molecule has 2 rings (SSSR count).